The van der Waals surface area contributed by atoms with Crippen LogP contribution in [0.25, 0.3) is 10.6 Å². The highest BCUT2D eigenvalue weighted by molar-refractivity contribution is 7.13. The number of benzene rings is 1. The van der Waals surface area contributed by atoms with Crippen LogP contribution in [0.3, 0.4) is 0 Å². The lowest BCUT2D eigenvalue weighted by Crippen LogP contribution is -2.00. The van der Waals surface area contributed by atoms with Crippen LogP contribution in [0, 0.1) is 6.92 Å². The zero-order valence-electron chi connectivity index (χ0n) is 11.8. The molecule has 2 heterocycles. The average molecular weight is 319 g/mol. The Morgan fingerprint density at radius 3 is 2.71 bits per heavy atom. The van der Waals surface area contributed by atoms with Crippen molar-refractivity contribution >= 4 is 22.9 Å². The molecule has 0 fully saturated rings. The molecule has 0 aliphatic carbocycles. The molecule has 3 aromatic rings. The molecule has 3 rings (SSSR count). The quantitative estimate of drug-likeness (QED) is 0.681. The van der Waals surface area contributed by atoms with E-state index in [4.69, 9.17) is 11.6 Å². The summed E-state index contributed by atoms with van der Waals surface area (Å²) in [5.41, 5.74) is 4.16. The van der Waals surface area contributed by atoms with Crippen molar-refractivity contribution in [3.8, 4) is 10.6 Å². The van der Waals surface area contributed by atoms with Crippen LogP contribution in [-0.4, -0.2) is 20.0 Å². The van der Waals surface area contributed by atoms with Crippen molar-refractivity contribution in [3.05, 3.63) is 52.8 Å². The summed E-state index contributed by atoms with van der Waals surface area (Å²) in [6.45, 7) is 4.57. The zero-order chi connectivity index (χ0) is 14.8. The minimum absolute atomic E-state index is 0.127. The highest BCUT2D eigenvalue weighted by atomic mass is 35.5. The summed E-state index contributed by atoms with van der Waals surface area (Å²) in [5, 5.41) is 11.1. The smallest absolute Gasteiger partial charge is 0.123 e. The Bertz CT molecular complexity index is 730. The van der Waals surface area contributed by atoms with Crippen LogP contribution in [0.4, 0.5) is 0 Å². The summed E-state index contributed by atoms with van der Waals surface area (Å²) in [4.78, 5) is 4.66. The van der Waals surface area contributed by atoms with E-state index in [-0.39, 0.29) is 5.38 Å². The lowest BCUT2D eigenvalue weighted by atomic mass is 10.2. The van der Waals surface area contributed by atoms with Gasteiger partial charge in [0.1, 0.15) is 10.7 Å². The van der Waals surface area contributed by atoms with E-state index in [0.29, 0.717) is 6.54 Å². The molecule has 0 aliphatic heterocycles. The number of hydrogen-bond donors (Lipinski definition) is 0. The number of rotatable bonds is 4. The van der Waals surface area contributed by atoms with Crippen molar-refractivity contribution in [1.29, 1.82) is 0 Å². The maximum absolute atomic E-state index is 5.99. The number of halogens is 1. The van der Waals surface area contributed by atoms with Gasteiger partial charge in [0.25, 0.3) is 0 Å². The van der Waals surface area contributed by atoms with E-state index in [9.17, 15) is 0 Å². The third kappa shape index (κ3) is 3.31. The minimum Gasteiger partial charge on any atom is -0.246 e. The van der Waals surface area contributed by atoms with Gasteiger partial charge in [0.15, 0.2) is 0 Å². The number of alkyl halides is 1. The minimum atomic E-state index is -0.127. The maximum atomic E-state index is 5.99. The molecule has 1 aromatic carbocycles. The molecule has 0 N–H and O–H groups in total. The van der Waals surface area contributed by atoms with Gasteiger partial charge < -0.3 is 0 Å². The lowest BCUT2D eigenvalue weighted by Gasteiger charge is -1.98. The van der Waals surface area contributed by atoms with Gasteiger partial charge in [-0.2, -0.15) is 0 Å². The summed E-state index contributed by atoms with van der Waals surface area (Å²) in [7, 11) is 0. The Morgan fingerprint density at radius 1 is 1.29 bits per heavy atom. The van der Waals surface area contributed by atoms with E-state index in [0.717, 1.165) is 22.0 Å². The first kappa shape index (κ1) is 14.2. The maximum Gasteiger partial charge on any atom is 0.123 e. The molecule has 0 amide bonds. The third-order valence-corrected chi connectivity index (χ3v) is 4.30. The molecule has 0 saturated heterocycles. The van der Waals surface area contributed by atoms with Crippen LogP contribution in [-0.2, 0) is 6.54 Å². The summed E-state index contributed by atoms with van der Waals surface area (Å²) in [6, 6.07) is 8.39. The van der Waals surface area contributed by atoms with Crippen LogP contribution in [0.5, 0.6) is 0 Å². The molecular weight excluding hydrogens is 304 g/mol. The average Bonchev–Trinajstić information content (AvgIpc) is 3.10. The Hall–Kier alpha value is -1.72. The van der Waals surface area contributed by atoms with Crippen LogP contribution >= 0.6 is 22.9 Å². The molecule has 4 nitrogen and oxygen atoms in total. The van der Waals surface area contributed by atoms with E-state index < -0.39 is 0 Å². The summed E-state index contributed by atoms with van der Waals surface area (Å²) in [6.07, 6.45) is 1.86. The lowest BCUT2D eigenvalue weighted by molar-refractivity contribution is 0.641. The molecule has 0 aliphatic rings. The largest absolute Gasteiger partial charge is 0.246 e. The first-order valence-corrected chi connectivity index (χ1v) is 7.99. The number of hydrogen-bond acceptors (Lipinski definition) is 4. The molecule has 108 valence electrons. The number of aromatic nitrogens is 4. The molecule has 0 spiro atoms. The molecule has 1 unspecified atom stereocenters. The van der Waals surface area contributed by atoms with Gasteiger partial charge in [0, 0.05) is 10.9 Å². The van der Waals surface area contributed by atoms with Crippen molar-refractivity contribution in [1.82, 2.24) is 20.0 Å². The summed E-state index contributed by atoms with van der Waals surface area (Å²) in [5.74, 6) is 0. The molecule has 21 heavy (non-hydrogen) atoms. The molecule has 2 aromatic heterocycles. The number of nitrogens with zero attached hydrogens (tertiary/aromatic N) is 4. The van der Waals surface area contributed by atoms with Crippen molar-refractivity contribution < 1.29 is 0 Å². The van der Waals surface area contributed by atoms with Crippen LogP contribution in [0.2, 0.25) is 0 Å². The predicted octanol–water partition coefficient (Wildman–Crippen LogP) is 4.06. The molecule has 0 bridgehead atoms. The second-order valence-corrected chi connectivity index (χ2v) is 6.48. The first-order chi connectivity index (χ1) is 10.1. The molecule has 6 heteroatoms. The second kappa shape index (κ2) is 5.95. The first-order valence-electron chi connectivity index (χ1n) is 6.67. The highest BCUT2D eigenvalue weighted by Crippen LogP contribution is 2.24. The van der Waals surface area contributed by atoms with Crippen LogP contribution in [0.1, 0.15) is 29.3 Å². The Morgan fingerprint density at radius 2 is 2.05 bits per heavy atom. The highest BCUT2D eigenvalue weighted by Gasteiger charge is 2.09. The van der Waals surface area contributed by atoms with E-state index in [2.05, 4.69) is 51.9 Å². The van der Waals surface area contributed by atoms with Crippen LogP contribution < -0.4 is 0 Å². The van der Waals surface area contributed by atoms with Crippen LogP contribution in [0.15, 0.2) is 35.8 Å². The van der Waals surface area contributed by atoms with E-state index in [1.165, 1.54) is 5.56 Å². The van der Waals surface area contributed by atoms with Gasteiger partial charge in [0.05, 0.1) is 23.8 Å². The topological polar surface area (TPSA) is 43.6 Å². The van der Waals surface area contributed by atoms with Crippen molar-refractivity contribution in [2.75, 3.05) is 0 Å². The fourth-order valence-electron chi connectivity index (χ4n) is 1.95. The zero-order valence-corrected chi connectivity index (χ0v) is 13.4. The van der Waals surface area contributed by atoms with E-state index in [1.54, 1.807) is 16.0 Å². The standard InChI is InChI=1S/C15H15ClN4S/c1-10-3-5-12(6-4-10)15-17-13(9-21-15)7-20-8-14(11(2)16)18-19-20/h3-6,8-9,11H,7H2,1-2H3. The molecule has 0 radical (unpaired) electrons. The molecule has 1 atom stereocenters. The van der Waals surface area contributed by atoms with E-state index in [1.807, 2.05) is 13.1 Å². The van der Waals surface area contributed by atoms with Gasteiger partial charge in [-0.15, -0.1) is 28.0 Å². The van der Waals surface area contributed by atoms with E-state index >= 15 is 0 Å². The Labute approximate surface area is 132 Å². The SMILES string of the molecule is Cc1ccc(-c2nc(Cn3cc(C(C)Cl)nn3)cs2)cc1. The normalized spacial score (nSPS) is 12.5. The summed E-state index contributed by atoms with van der Waals surface area (Å²) >= 11 is 7.63. The fourth-order valence-corrected chi connectivity index (χ4v) is 2.86. The fraction of sp³-hybridized carbons (Fsp3) is 0.267. The van der Waals surface area contributed by atoms with Gasteiger partial charge in [-0.25, -0.2) is 9.67 Å². The monoisotopic (exact) mass is 318 g/mol. The number of aryl methyl sites for hydroxylation is 1. The van der Waals surface area contributed by atoms with Gasteiger partial charge >= 0.3 is 0 Å². The summed E-state index contributed by atoms with van der Waals surface area (Å²) < 4.78 is 1.77. The van der Waals surface area contributed by atoms with Gasteiger partial charge in [-0.3, -0.25) is 0 Å². The van der Waals surface area contributed by atoms with Gasteiger partial charge in [-0.05, 0) is 13.8 Å². The molecular formula is C15H15ClN4S. The van der Waals surface area contributed by atoms with Gasteiger partial charge in [-0.1, -0.05) is 35.0 Å². The Balaban J connectivity index is 1.76. The molecule has 0 saturated carbocycles. The van der Waals surface area contributed by atoms with Gasteiger partial charge in [0.2, 0.25) is 0 Å². The Kier molecular flexibility index (Phi) is 4.03. The predicted molar refractivity (Wildman–Crippen MR) is 85.7 cm³/mol. The second-order valence-electron chi connectivity index (χ2n) is 4.97. The third-order valence-electron chi connectivity index (χ3n) is 3.14. The number of thiazole rings is 1. The van der Waals surface area contributed by atoms with Crippen molar-refractivity contribution in [2.24, 2.45) is 0 Å². The van der Waals surface area contributed by atoms with Crippen molar-refractivity contribution in [3.63, 3.8) is 0 Å². The van der Waals surface area contributed by atoms with Crippen molar-refractivity contribution in [2.45, 2.75) is 25.8 Å².